The van der Waals surface area contributed by atoms with E-state index in [0.29, 0.717) is 26.4 Å². The molecule has 4 nitrogen and oxygen atoms in total. The van der Waals surface area contributed by atoms with Gasteiger partial charge < -0.3 is 19.7 Å². The molecule has 0 bridgehead atoms. The van der Waals surface area contributed by atoms with Gasteiger partial charge in [-0.2, -0.15) is 0 Å². The van der Waals surface area contributed by atoms with Gasteiger partial charge in [0.15, 0.2) is 0 Å². The van der Waals surface area contributed by atoms with Crippen LogP contribution in [0.4, 0.5) is 0 Å². The topological polar surface area (TPSA) is 58.9 Å². The Hall–Kier alpha value is -0.160. The zero-order chi connectivity index (χ0) is 14.7. The molecule has 0 aliphatic carbocycles. The van der Waals surface area contributed by atoms with Gasteiger partial charge in [0, 0.05) is 5.41 Å². The van der Waals surface area contributed by atoms with Crippen LogP contribution < -0.4 is 0 Å². The molecule has 4 heteroatoms. The molecule has 0 radical (unpaired) electrons. The van der Waals surface area contributed by atoms with E-state index in [1.54, 1.807) is 0 Å². The smallest absolute Gasteiger partial charge is 0.0773 e. The van der Waals surface area contributed by atoms with Crippen molar-refractivity contribution >= 4 is 0 Å². The highest BCUT2D eigenvalue weighted by atomic mass is 16.5. The summed E-state index contributed by atoms with van der Waals surface area (Å²) in [6.45, 7) is 10.1. The molecule has 0 aliphatic heterocycles. The van der Waals surface area contributed by atoms with Crippen LogP contribution in [0.3, 0.4) is 0 Å². The van der Waals surface area contributed by atoms with E-state index in [9.17, 15) is 10.2 Å². The fourth-order valence-electron chi connectivity index (χ4n) is 1.82. The highest BCUT2D eigenvalue weighted by Crippen LogP contribution is 2.16. The van der Waals surface area contributed by atoms with Crippen LogP contribution in [0.25, 0.3) is 0 Å². The Morgan fingerprint density at radius 3 is 1.53 bits per heavy atom. The zero-order valence-electron chi connectivity index (χ0n) is 13.0. The minimum Gasteiger partial charge on any atom is -0.391 e. The van der Waals surface area contributed by atoms with Crippen LogP contribution in [0.5, 0.6) is 0 Å². The molecule has 0 spiro atoms. The molecule has 2 unspecified atom stereocenters. The molecular formula is C15H32O4. The van der Waals surface area contributed by atoms with Crippen molar-refractivity contribution in [1.29, 1.82) is 0 Å². The third-order valence-electron chi connectivity index (χ3n) is 2.85. The minimum absolute atomic E-state index is 0.0993. The number of ether oxygens (including phenoxy) is 2. The molecule has 0 amide bonds. The summed E-state index contributed by atoms with van der Waals surface area (Å²) in [7, 11) is 0. The number of hydrogen-bond donors (Lipinski definition) is 2. The van der Waals surface area contributed by atoms with Gasteiger partial charge in [-0.15, -0.1) is 0 Å². The molecule has 0 heterocycles. The summed E-state index contributed by atoms with van der Waals surface area (Å²) in [5.41, 5.74) is -0.0993. The maximum Gasteiger partial charge on any atom is 0.0773 e. The van der Waals surface area contributed by atoms with Gasteiger partial charge in [0.25, 0.3) is 0 Å². The minimum atomic E-state index is -0.368. The molecule has 2 atom stereocenters. The summed E-state index contributed by atoms with van der Waals surface area (Å²) in [6, 6.07) is 0. The van der Waals surface area contributed by atoms with Crippen molar-refractivity contribution in [2.75, 3.05) is 26.4 Å². The summed E-state index contributed by atoms with van der Waals surface area (Å²) in [5, 5.41) is 19.1. The lowest BCUT2D eigenvalue weighted by atomic mass is 9.96. The predicted molar refractivity (Wildman–Crippen MR) is 77.2 cm³/mol. The molecule has 0 saturated heterocycles. The molecule has 0 fully saturated rings. The van der Waals surface area contributed by atoms with E-state index in [2.05, 4.69) is 13.8 Å². The molecule has 0 aromatic carbocycles. The molecule has 116 valence electrons. The average Bonchev–Trinajstić information content (AvgIpc) is 2.29. The largest absolute Gasteiger partial charge is 0.391 e. The maximum absolute atomic E-state index is 9.56. The van der Waals surface area contributed by atoms with E-state index in [1.807, 2.05) is 13.8 Å². The first-order chi connectivity index (χ1) is 8.91. The van der Waals surface area contributed by atoms with E-state index >= 15 is 0 Å². The van der Waals surface area contributed by atoms with E-state index in [1.165, 1.54) is 0 Å². The molecule has 2 N–H and O–H groups in total. The van der Waals surface area contributed by atoms with Crippen molar-refractivity contribution in [3.8, 4) is 0 Å². The number of hydrogen-bond acceptors (Lipinski definition) is 4. The molecule has 0 saturated carbocycles. The van der Waals surface area contributed by atoms with E-state index in [0.717, 1.165) is 25.7 Å². The highest BCUT2D eigenvalue weighted by molar-refractivity contribution is 4.68. The van der Waals surface area contributed by atoms with Crippen LogP contribution in [0.15, 0.2) is 0 Å². The van der Waals surface area contributed by atoms with Crippen molar-refractivity contribution in [3.05, 3.63) is 0 Å². The third kappa shape index (κ3) is 11.4. The quantitative estimate of drug-likeness (QED) is 0.574. The Kier molecular flexibility index (Phi) is 10.5. The highest BCUT2D eigenvalue weighted by Gasteiger charge is 2.20. The lowest BCUT2D eigenvalue weighted by Crippen LogP contribution is -2.29. The second kappa shape index (κ2) is 10.6. The number of rotatable bonds is 12. The average molecular weight is 276 g/mol. The van der Waals surface area contributed by atoms with Crippen molar-refractivity contribution in [1.82, 2.24) is 0 Å². The zero-order valence-corrected chi connectivity index (χ0v) is 13.0. The lowest BCUT2D eigenvalue weighted by molar-refractivity contribution is -0.0473. The van der Waals surface area contributed by atoms with Crippen molar-refractivity contribution in [3.63, 3.8) is 0 Å². The van der Waals surface area contributed by atoms with Gasteiger partial charge in [-0.3, -0.25) is 0 Å². The fraction of sp³-hybridized carbons (Fsp3) is 1.00. The van der Waals surface area contributed by atoms with Crippen LogP contribution in [0, 0.1) is 5.41 Å². The predicted octanol–water partition coefficient (Wildman–Crippen LogP) is 2.37. The third-order valence-corrected chi connectivity index (χ3v) is 2.85. The number of aliphatic hydroxyl groups is 2. The molecule has 0 rings (SSSR count). The first-order valence-corrected chi connectivity index (χ1v) is 7.43. The normalized spacial score (nSPS) is 15.5. The Balaban J connectivity index is 3.67. The Morgan fingerprint density at radius 1 is 0.842 bits per heavy atom. The van der Waals surface area contributed by atoms with Crippen molar-refractivity contribution in [2.24, 2.45) is 5.41 Å². The van der Waals surface area contributed by atoms with Crippen LogP contribution >= 0.6 is 0 Å². The van der Waals surface area contributed by atoms with Crippen LogP contribution in [0.2, 0.25) is 0 Å². The summed E-state index contributed by atoms with van der Waals surface area (Å²) >= 11 is 0. The Labute approximate surface area is 118 Å². The van der Waals surface area contributed by atoms with Gasteiger partial charge in [-0.1, -0.05) is 40.5 Å². The van der Waals surface area contributed by atoms with Gasteiger partial charge in [0.2, 0.25) is 0 Å². The molecular weight excluding hydrogens is 244 g/mol. The van der Waals surface area contributed by atoms with E-state index in [4.69, 9.17) is 9.47 Å². The number of aliphatic hydroxyl groups excluding tert-OH is 2. The van der Waals surface area contributed by atoms with Gasteiger partial charge in [-0.25, -0.2) is 0 Å². The van der Waals surface area contributed by atoms with Crippen LogP contribution in [-0.4, -0.2) is 48.8 Å². The fourth-order valence-corrected chi connectivity index (χ4v) is 1.82. The van der Waals surface area contributed by atoms with Crippen LogP contribution in [-0.2, 0) is 9.47 Å². The van der Waals surface area contributed by atoms with E-state index < -0.39 is 0 Å². The first kappa shape index (κ1) is 18.8. The Bertz CT molecular complexity index is 186. The van der Waals surface area contributed by atoms with Gasteiger partial charge >= 0.3 is 0 Å². The van der Waals surface area contributed by atoms with E-state index in [-0.39, 0.29) is 17.6 Å². The molecule has 0 aromatic heterocycles. The second-order valence-electron chi connectivity index (χ2n) is 6.08. The standard InChI is InChI=1S/C15H32O4/c1-5-7-13(16)9-18-11-15(3,4)12-19-10-14(17)8-6-2/h13-14,16-17H,5-12H2,1-4H3. The maximum atomic E-state index is 9.56. The molecule has 0 aliphatic rings. The molecule has 19 heavy (non-hydrogen) atoms. The van der Waals surface area contributed by atoms with Crippen molar-refractivity contribution < 1.29 is 19.7 Å². The first-order valence-electron chi connectivity index (χ1n) is 7.43. The van der Waals surface area contributed by atoms with Gasteiger partial charge in [0.05, 0.1) is 38.6 Å². The monoisotopic (exact) mass is 276 g/mol. The summed E-state index contributed by atoms with van der Waals surface area (Å²) < 4.78 is 11.1. The summed E-state index contributed by atoms with van der Waals surface area (Å²) in [5.74, 6) is 0. The summed E-state index contributed by atoms with van der Waals surface area (Å²) in [6.07, 6.45) is 2.75. The summed E-state index contributed by atoms with van der Waals surface area (Å²) in [4.78, 5) is 0. The van der Waals surface area contributed by atoms with Crippen LogP contribution in [0.1, 0.15) is 53.4 Å². The van der Waals surface area contributed by atoms with Gasteiger partial charge in [0.1, 0.15) is 0 Å². The van der Waals surface area contributed by atoms with Crippen molar-refractivity contribution in [2.45, 2.75) is 65.6 Å². The SMILES string of the molecule is CCCC(O)COCC(C)(C)COCC(O)CCC. The molecule has 0 aromatic rings. The van der Waals surface area contributed by atoms with Gasteiger partial charge in [-0.05, 0) is 12.8 Å². The lowest BCUT2D eigenvalue weighted by Gasteiger charge is -2.25. The Morgan fingerprint density at radius 2 is 1.21 bits per heavy atom. The second-order valence-corrected chi connectivity index (χ2v) is 6.08.